The summed E-state index contributed by atoms with van der Waals surface area (Å²) in [7, 11) is 0. The number of aromatic nitrogens is 2. The lowest BCUT2D eigenvalue weighted by molar-refractivity contribution is 0.0497. The second-order valence-electron chi connectivity index (χ2n) is 3.81. The number of rotatable bonds is 4. The molecule has 0 amide bonds. The van der Waals surface area contributed by atoms with E-state index in [-0.39, 0.29) is 5.69 Å². The zero-order chi connectivity index (χ0) is 12.8. The lowest BCUT2D eigenvalue weighted by atomic mass is 10.1. The Hall–Kier alpha value is -2.23. The van der Waals surface area contributed by atoms with E-state index >= 15 is 0 Å². The number of hydrogen-bond donors (Lipinski definition) is 0. The van der Waals surface area contributed by atoms with Gasteiger partial charge in [0.15, 0.2) is 5.69 Å². The van der Waals surface area contributed by atoms with E-state index in [1.54, 1.807) is 12.1 Å². The molecule has 92 valence electrons. The van der Waals surface area contributed by atoms with Gasteiger partial charge < -0.3 is 4.74 Å². The van der Waals surface area contributed by atoms with Crippen LogP contribution in [0.3, 0.4) is 0 Å². The second-order valence-corrected chi connectivity index (χ2v) is 3.81. The van der Waals surface area contributed by atoms with Crippen LogP contribution < -0.4 is 0 Å². The lowest BCUT2D eigenvalue weighted by Crippen LogP contribution is -2.09. The highest BCUT2D eigenvalue weighted by Gasteiger charge is 2.09. The van der Waals surface area contributed by atoms with E-state index in [1.165, 1.54) is 0 Å². The maximum Gasteiger partial charge on any atom is 0.358 e. The summed E-state index contributed by atoms with van der Waals surface area (Å²) in [6, 6.07) is 13.1. The first-order valence-corrected chi connectivity index (χ1v) is 5.87. The van der Waals surface area contributed by atoms with Gasteiger partial charge in [-0.3, -0.25) is 0 Å². The van der Waals surface area contributed by atoms with Crippen molar-refractivity contribution in [1.29, 1.82) is 0 Å². The van der Waals surface area contributed by atoms with E-state index in [0.717, 1.165) is 17.7 Å². The molecule has 0 N–H and O–H groups in total. The molecule has 0 unspecified atom stereocenters. The van der Waals surface area contributed by atoms with Crippen LogP contribution in [0.5, 0.6) is 0 Å². The molecule has 1 aromatic carbocycles. The third-order valence-corrected chi connectivity index (χ3v) is 2.38. The van der Waals surface area contributed by atoms with Crippen molar-refractivity contribution in [2.75, 3.05) is 6.61 Å². The zero-order valence-electron chi connectivity index (χ0n) is 10.2. The van der Waals surface area contributed by atoms with Crippen molar-refractivity contribution in [1.82, 2.24) is 10.2 Å². The number of carbonyl (C=O) groups is 1. The van der Waals surface area contributed by atoms with Gasteiger partial charge in [0.1, 0.15) is 0 Å². The molecule has 4 nitrogen and oxygen atoms in total. The molecule has 0 aliphatic carbocycles. The van der Waals surface area contributed by atoms with Gasteiger partial charge >= 0.3 is 5.97 Å². The molecule has 0 aliphatic heterocycles. The van der Waals surface area contributed by atoms with Gasteiger partial charge in [-0.15, -0.1) is 10.2 Å². The summed E-state index contributed by atoms with van der Waals surface area (Å²) in [4.78, 5) is 11.5. The third-order valence-electron chi connectivity index (χ3n) is 2.38. The molecule has 0 spiro atoms. The van der Waals surface area contributed by atoms with Crippen LogP contribution in [0.25, 0.3) is 11.3 Å². The number of carbonyl (C=O) groups excluding carboxylic acids is 1. The third kappa shape index (κ3) is 2.91. The average Bonchev–Trinajstić information content (AvgIpc) is 2.46. The quantitative estimate of drug-likeness (QED) is 0.773. The summed E-state index contributed by atoms with van der Waals surface area (Å²) in [6.45, 7) is 2.35. The molecule has 1 heterocycles. The van der Waals surface area contributed by atoms with Crippen LogP contribution in [0.4, 0.5) is 0 Å². The summed E-state index contributed by atoms with van der Waals surface area (Å²) < 4.78 is 4.98. The van der Waals surface area contributed by atoms with E-state index in [0.29, 0.717) is 6.61 Å². The Labute approximate surface area is 106 Å². The number of hydrogen-bond acceptors (Lipinski definition) is 4. The van der Waals surface area contributed by atoms with Crippen molar-refractivity contribution in [3.63, 3.8) is 0 Å². The molecule has 1 aromatic heterocycles. The normalized spacial score (nSPS) is 10.1. The Balaban J connectivity index is 2.13. The van der Waals surface area contributed by atoms with Crippen LogP contribution in [0.15, 0.2) is 42.5 Å². The maximum absolute atomic E-state index is 11.5. The van der Waals surface area contributed by atoms with E-state index in [4.69, 9.17) is 4.74 Å². The zero-order valence-corrected chi connectivity index (χ0v) is 10.2. The second kappa shape index (κ2) is 5.91. The van der Waals surface area contributed by atoms with E-state index in [9.17, 15) is 4.79 Å². The lowest BCUT2D eigenvalue weighted by Gasteiger charge is -2.03. The fourth-order valence-corrected chi connectivity index (χ4v) is 1.47. The fourth-order valence-electron chi connectivity index (χ4n) is 1.47. The molecule has 0 aliphatic rings. The molecule has 0 saturated carbocycles. The highest BCUT2D eigenvalue weighted by Crippen LogP contribution is 2.15. The SMILES string of the molecule is CCCOC(=O)c1ccc(-c2ccccc2)nn1. The van der Waals surface area contributed by atoms with Crippen LogP contribution >= 0.6 is 0 Å². The molecule has 4 heteroatoms. The van der Waals surface area contributed by atoms with Crippen LogP contribution in [-0.2, 0) is 4.74 Å². The first-order chi connectivity index (χ1) is 8.81. The van der Waals surface area contributed by atoms with Crippen LogP contribution in [0.2, 0.25) is 0 Å². The monoisotopic (exact) mass is 242 g/mol. The maximum atomic E-state index is 11.5. The van der Waals surface area contributed by atoms with Crippen molar-refractivity contribution < 1.29 is 9.53 Å². The molecule has 18 heavy (non-hydrogen) atoms. The van der Waals surface area contributed by atoms with E-state index in [2.05, 4.69) is 10.2 Å². The van der Waals surface area contributed by atoms with Gasteiger partial charge in [-0.05, 0) is 18.6 Å². The molecular formula is C14H14N2O2. The van der Waals surface area contributed by atoms with Crippen LogP contribution in [0.1, 0.15) is 23.8 Å². The van der Waals surface area contributed by atoms with Gasteiger partial charge in [-0.2, -0.15) is 0 Å². The predicted molar refractivity (Wildman–Crippen MR) is 68.0 cm³/mol. The minimum absolute atomic E-state index is 0.239. The summed E-state index contributed by atoms with van der Waals surface area (Å²) in [5, 5.41) is 7.91. The Morgan fingerprint density at radius 1 is 1.11 bits per heavy atom. The van der Waals surface area contributed by atoms with Gasteiger partial charge in [-0.1, -0.05) is 37.3 Å². The Kier molecular flexibility index (Phi) is 4.02. The Bertz CT molecular complexity index is 509. The minimum Gasteiger partial charge on any atom is -0.461 e. The highest BCUT2D eigenvalue weighted by atomic mass is 16.5. The number of ether oxygens (including phenoxy) is 1. The van der Waals surface area contributed by atoms with Crippen molar-refractivity contribution >= 4 is 5.97 Å². The fraction of sp³-hybridized carbons (Fsp3) is 0.214. The van der Waals surface area contributed by atoms with Crippen molar-refractivity contribution in [2.45, 2.75) is 13.3 Å². The average molecular weight is 242 g/mol. The molecule has 0 bridgehead atoms. The molecule has 0 saturated heterocycles. The Morgan fingerprint density at radius 2 is 1.89 bits per heavy atom. The predicted octanol–water partition coefficient (Wildman–Crippen LogP) is 2.71. The van der Waals surface area contributed by atoms with Crippen molar-refractivity contribution in [3.05, 3.63) is 48.2 Å². The largest absolute Gasteiger partial charge is 0.461 e. The van der Waals surface area contributed by atoms with Gasteiger partial charge in [0.2, 0.25) is 0 Å². The minimum atomic E-state index is -0.427. The first-order valence-electron chi connectivity index (χ1n) is 5.87. The van der Waals surface area contributed by atoms with Crippen LogP contribution in [-0.4, -0.2) is 22.8 Å². The summed E-state index contributed by atoms with van der Waals surface area (Å²) in [5.74, 6) is -0.427. The number of esters is 1. The topological polar surface area (TPSA) is 52.1 Å². The van der Waals surface area contributed by atoms with Crippen LogP contribution in [0, 0.1) is 0 Å². The smallest absolute Gasteiger partial charge is 0.358 e. The van der Waals surface area contributed by atoms with Crippen molar-refractivity contribution in [3.8, 4) is 11.3 Å². The first kappa shape index (κ1) is 12.2. The summed E-state index contributed by atoms with van der Waals surface area (Å²) in [5.41, 5.74) is 1.95. The highest BCUT2D eigenvalue weighted by molar-refractivity contribution is 5.87. The molecule has 0 atom stereocenters. The van der Waals surface area contributed by atoms with Gasteiger partial charge in [0.25, 0.3) is 0 Å². The van der Waals surface area contributed by atoms with Crippen molar-refractivity contribution in [2.24, 2.45) is 0 Å². The summed E-state index contributed by atoms with van der Waals surface area (Å²) in [6.07, 6.45) is 0.793. The Morgan fingerprint density at radius 3 is 2.50 bits per heavy atom. The van der Waals surface area contributed by atoms with E-state index < -0.39 is 5.97 Å². The standard InChI is InChI=1S/C14H14N2O2/c1-2-10-18-14(17)13-9-8-12(15-16-13)11-6-4-3-5-7-11/h3-9H,2,10H2,1H3. The summed E-state index contributed by atoms with van der Waals surface area (Å²) >= 11 is 0. The molecule has 0 fully saturated rings. The number of benzene rings is 1. The molecule has 0 radical (unpaired) electrons. The van der Waals surface area contributed by atoms with Gasteiger partial charge in [-0.25, -0.2) is 4.79 Å². The molecule has 2 rings (SSSR count). The van der Waals surface area contributed by atoms with E-state index in [1.807, 2.05) is 37.3 Å². The van der Waals surface area contributed by atoms with Gasteiger partial charge in [0.05, 0.1) is 12.3 Å². The molecular weight excluding hydrogens is 228 g/mol. The molecule has 2 aromatic rings. The number of nitrogens with zero attached hydrogens (tertiary/aromatic N) is 2. The van der Waals surface area contributed by atoms with Gasteiger partial charge in [0, 0.05) is 5.56 Å².